The molecule has 0 spiro atoms. The van der Waals surface area contributed by atoms with Gasteiger partial charge in [0.25, 0.3) is 0 Å². The standard InChI is InChI=1S/C19H28N4O6S/c1-10(21-18(27)15(20)11(2)24)16(25)22-13(8-12-6-4-3-5-7-12)17(26)23-14(9-30)19(28)29/h3-7,10-11,13-15,24,30H,8-9,20H2,1-2H3,(H,21,27)(H,22,25)(H,23,26)(H,28,29). The van der Waals surface area contributed by atoms with Gasteiger partial charge >= 0.3 is 5.97 Å². The fourth-order valence-corrected chi connectivity index (χ4v) is 2.66. The molecule has 0 saturated heterocycles. The van der Waals surface area contributed by atoms with Crippen molar-refractivity contribution in [1.82, 2.24) is 16.0 Å². The Bertz CT molecular complexity index is 746. The number of aliphatic hydroxyl groups excluding tert-OH is 1. The van der Waals surface area contributed by atoms with E-state index in [-0.39, 0.29) is 12.2 Å². The fourth-order valence-electron chi connectivity index (χ4n) is 2.41. The van der Waals surface area contributed by atoms with E-state index in [4.69, 9.17) is 10.8 Å². The highest BCUT2D eigenvalue weighted by atomic mass is 32.1. The smallest absolute Gasteiger partial charge is 0.327 e. The van der Waals surface area contributed by atoms with E-state index in [0.717, 1.165) is 5.56 Å². The van der Waals surface area contributed by atoms with Crippen LogP contribution in [0.3, 0.4) is 0 Å². The van der Waals surface area contributed by atoms with Gasteiger partial charge in [0.1, 0.15) is 24.2 Å². The Morgan fingerprint density at radius 2 is 1.53 bits per heavy atom. The zero-order chi connectivity index (χ0) is 22.8. The zero-order valence-corrected chi connectivity index (χ0v) is 17.6. The summed E-state index contributed by atoms with van der Waals surface area (Å²) in [6.45, 7) is 2.74. The number of hydrogen-bond donors (Lipinski definition) is 7. The minimum atomic E-state index is -1.25. The summed E-state index contributed by atoms with van der Waals surface area (Å²) < 4.78 is 0. The molecule has 0 aliphatic heterocycles. The summed E-state index contributed by atoms with van der Waals surface area (Å²) in [7, 11) is 0. The third-order valence-corrected chi connectivity index (χ3v) is 4.65. The number of carboxylic acids is 1. The average Bonchev–Trinajstić information content (AvgIpc) is 2.70. The van der Waals surface area contributed by atoms with E-state index in [9.17, 15) is 24.3 Å². The van der Waals surface area contributed by atoms with Gasteiger partial charge in [0, 0.05) is 12.2 Å². The molecule has 1 aromatic rings. The number of aliphatic carboxylic acids is 1. The number of benzene rings is 1. The van der Waals surface area contributed by atoms with Crippen LogP contribution >= 0.6 is 12.6 Å². The van der Waals surface area contributed by atoms with Crippen molar-refractivity contribution in [3.63, 3.8) is 0 Å². The Morgan fingerprint density at radius 1 is 0.967 bits per heavy atom. The van der Waals surface area contributed by atoms with Crippen molar-refractivity contribution in [1.29, 1.82) is 0 Å². The predicted octanol–water partition coefficient (Wildman–Crippen LogP) is -1.57. The van der Waals surface area contributed by atoms with Gasteiger partial charge in [-0.15, -0.1) is 0 Å². The molecule has 7 N–H and O–H groups in total. The summed E-state index contributed by atoms with van der Waals surface area (Å²) in [6.07, 6.45) is -1.00. The van der Waals surface area contributed by atoms with Crippen molar-refractivity contribution in [2.75, 3.05) is 5.75 Å². The van der Waals surface area contributed by atoms with Gasteiger partial charge in [-0.1, -0.05) is 30.3 Å². The van der Waals surface area contributed by atoms with E-state index in [1.54, 1.807) is 30.3 Å². The fraction of sp³-hybridized carbons (Fsp3) is 0.474. The highest BCUT2D eigenvalue weighted by Crippen LogP contribution is 2.05. The van der Waals surface area contributed by atoms with Crippen LogP contribution in [0.15, 0.2) is 30.3 Å². The minimum absolute atomic E-state index is 0.102. The molecule has 5 atom stereocenters. The Kier molecular flexibility index (Phi) is 10.3. The molecule has 0 fully saturated rings. The van der Waals surface area contributed by atoms with Crippen LogP contribution in [0, 0.1) is 0 Å². The normalized spacial score (nSPS) is 15.8. The summed E-state index contributed by atoms with van der Waals surface area (Å²) in [4.78, 5) is 48.3. The van der Waals surface area contributed by atoms with Crippen LogP contribution in [0.1, 0.15) is 19.4 Å². The molecule has 1 rings (SSSR count). The van der Waals surface area contributed by atoms with Gasteiger partial charge in [-0.2, -0.15) is 12.6 Å². The average molecular weight is 441 g/mol. The third kappa shape index (κ3) is 8.01. The van der Waals surface area contributed by atoms with Crippen LogP contribution in [-0.2, 0) is 25.6 Å². The Balaban J connectivity index is 2.90. The molecule has 0 radical (unpaired) electrons. The molecule has 0 bridgehead atoms. The molecule has 1 aromatic carbocycles. The van der Waals surface area contributed by atoms with Gasteiger partial charge in [-0.3, -0.25) is 14.4 Å². The first kappa shape index (κ1) is 25.4. The second kappa shape index (κ2) is 12.2. The van der Waals surface area contributed by atoms with Crippen molar-refractivity contribution < 1.29 is 29.4 Å². The maximum absolute atomic E-state index is 12.6. The number of carbonyl (C=O) groups excluding carboxylic acids is 3. The molecule has 166 valence electrons. The van der Waals surface area contributed by atoms with E-state index >= 15 is 0 Å². The number of hydrogen-bond acceptors (Lipinski definition) is 7. The molecular weight excluding hydrogens is 412 g/mol. The molecule has 5 unspecified atom stereocenters. The lowest BCUT2D eigenvalue weighted by Crippen LogP contribution is -2.58. The van der Waals surface area contributed by atoms with Crippen molar-refractivity contribution in [2.24, 2.45) is 5.73 Å². The second-order valence-corrected chi connectivity index (χ2v) is 7.19. The Morgan fingerprint density at radius 3 is 2.03 bits per heavy atom. The lowest BCUT2D eigenvalue weighted by atomic mass is 10.0. The topological polar surface area (TPSA) is 171 Å². The van der Waals surface area contributed by atoms with E-state index in [0.29, 0.717) is 0 Å². The van der Waals surface area contributed by atoms with Crippen LogP contribution in [0.25, 0.3) is 0 Å². The first-order chi connectivity index (χ1) is 14.1. The van der Waals surface area contributed by atoms with Crippen LogP contribution in [0.5, 0.6) is 0 Å². The molecule has 0 aliphatic carbocycles. The molecule has 0 saturated carbocycles. The SMILES string of the molecule is CC(NC(=O)C(N)C(C)O)C(=O)NC(Cc1ccccc1)C(=O)NC(CS)C(=O)O. The number of carbonyl (C=O) groups is 4. The minimum Gasteiger partial charge on any atom is -0.480 e. The lowest BCUT2D eigenvalue weighted by Gasteiger charge is -2.24. The molecule has 10 nitrogen and oxygen atoms in total. The van der Waals surface area contributed by atoms with E-state index in [1.165, 1.54) is 13.8 Å². The lowest BCUT2D eigenvalue weighted by molar-refractivity contribution is -0.141. The largest absolute Gasteiger partial charge is 0.480 e. The van der Waals surface area contributed by atoms with Crippen LogP contribution < -0.4 is 21.7 Å². The second-order valence-electron chi connectivity index (χ2n) is 6.83. The number of carboxylic acid groups (broad SMARTS) is 1. The van der Waals surface area contributed by atoms with Crippen LogP contribution in [-0.4, -0.2) is 69.9 Å². The number of thiol groups is 1. The Hall–Kier alpha value is -2.63. The van der Waals surface area contributed by atoms with E-state index < -0.39 is 54.0 Å². The van der Waals surface area contributed by atoms with Gasteiger partial charge in [0.2, 0.25) is 17.7 Å². The third-order valence-electron chi connectivity index (χ3n) is 4.29. The first-order valence-corrected chi connectivity index (χ1v) is 9.92. The van der Waals surface area contributed by atoms with Crippen molar-refractivity contribution in [3.05, 3.63) is 35.9 Å². The summed E-state index contributed by atoms with van der Waals surface area (Å²) in [5, 5.41) is 25.7. The van der Waals surface area contributed by atoms with Gasteiger partial charge < -0.3 is 31.9 Å². The molecule has 11 heteroatoms. The van der Waals surface area contributed by atoms with Crippen molar-refractivity contribution in [2.45, 2.75) is 50.5 Å². The van der Waals surface area contributed by atoms with Crippen molar-refractivity contribution in [3.8, 4) is 0 Å². The number of nitrogens with one attached hydrogen (secondary N) is 3. The number of rotatable bonds is 11. The van der Waals surface area contributed by atoms with E-state index in [1.807, 2.05) is 0 Å². The Labute approximate surface area is 180 Å². The van der Waals surface area contributed by atoms with Gasteiger partial charge in [-0.25, -0.2) is 4.79 Å². The molecule has 0 aromatic heterocycles. The molecule has 0 aliphatic rings. The van der Waals surface area contributed by atoms with Gasteiger partial charge in [-0.05, 0) is 19.4 Å². The summed E-state index contributed by atoms with van der Waals surface area (Å²) >= 11 is 3.91. The predicted molar refractivity (Wildman–Crippen MR) is 113 cm³/mol. The maximum Gasteiger partial charge on any atom is 0.327 e. The highest BCUT2D eigenvalue weighted by molar-refractivity contribution is 7.80. The molecule has 3 amide bonds. The van der Waals surface area contributed by atoms with E-state index in [2.05, 4.69) is 28.6 Å². The molecule has 0 heterocycles. The summed E-state index contributed by atoms with van der Waals surface area (Å²) in [6, 6.07) is 4.26. The quantitative estimate of drug-likeness (QED) is 0.204. The first-order valence-electron chi connectivity index (χ1n) is 9.29. The maximum atomic E-state index is 12.6. The van der Waals surface area contributed by atoms with Gasteiger partial charge in [0.15, 0.2) is 0 Å². The number of nitrogens with two attached hydrogens (primary N) is 1. The van der Waals surface area contributed by atoms with Gasteiger partial charge in [0.05, 0.1) is 6.10 Å². The number of amides is 3. The van der Waals surface area contributed by atoms with Crippen LogP contribution in [0.2, 0.25) is 0 Å². The summed E-state index contributed by atoms with van der Waals surface area (Å²) in [5.41, 5.74) is 6.28. The van der Waals surface area contributed by atoms with Crippen molar-refractivity contribution >= 4 is 36.3 Å². The zero-order valence-electron chi connectivity index (χ0n) is 16.7. The van der Waals surface area contributed by atoms with Crippen LogP contribution in [0.4, 0.5) is 0 Å². The molecule has 30 heavy (non-hydrogen) atoms. The monoisotopic (exact) mass is 440 g/mol. The summed E-state index contributed by atoms with van der Waals surface area (Å²) in [5.74, 6) is -3.48. The highest BCUT2D eigenvalue weighted by Gasteiger charge is 2.29. The molecular formula is C19H28N4O6S. The number of aliphatic hydroxyl groups is 1.